The monoisotopic (exact) mass is 422 g/mol. The summed E-state index contributed by atoms with van der Waals surface area (Å²) in [6.07, 6.45) is 0. The Morgan fingerprint density at radius 3 is 2.75 bits per heavy atom. The van der Waals surface area contributed by atoms with Crippen LogP contribution in [0.4, 0.5) is 0 Å². The first-order chi connectivity index (χ1) is 9.52. The van der Waals surface area contributed by atoms with Crippen molar-refractivity contribution < 1.29 is 9.53 Å². The van der Waals surface area contributed by atoms with Gasteiger partial charge < -0.3 is 4.74 Å². The van der Waals surface area contributed by atoms with Gasteiger partial charge in [-0.25, -0.2) is 14.8 Å². The summed E-state index contributed by atoms with van der Waals surface area (Å²) >= 11 is 14.1. The molecule has 0 saturated heterocycles. The minimum absolute atomic E-state index is 0.000468. The molecule has 0 amide bonds. The number of ether oxygens (including phenoxy) is 1. The van der Waals surface area contributed by atoms with E-state index in [1.54, 1.807) is 6.92 Å². The van der Waals surface area contributed by atoms with Crippen LogP contribution in [0.2, 0.25) is 10.2 Å². The highest BCUT2D eigenvalue weighted by atomic mass is 127. The molecule has 0 aliphatic carbocycles. The van der Waals surface area contributed by atoms with Gasteiger partial charge in [0.15, 0.2) is 16.7 Å². The highest BCUT2D eigenvalue weighted by molar-refractivity contribution is 14.1. The van der Waals surface area contributed by atoms with E-state index in [9.17, 15) is 4.79 Å². The molecule has 2 aromatic rings. The highest BCUT2D eigenvalue weighted by Gasteiger charge is 2.19. The Labute approximate surface area is 139 Å². The molecular formula is C13H9Cl2IN2O2. The molecular weight excluding hydrogens is 414 g/mol. The Morgan fingerprint density at radius 2 is 2.10 bits per heavy atom. The van der Waals surface area contributed by atoms with Gasteiger partial charge in [0.25, 0.3) is 0 Å². The molecule has 20 heavy (non-hydrogen) atoms. The molecule has 0 fully saturated rings. The zero-order chi connectivity index (χ0) is 14.7. The molecule has 0 unspecified atom stereocenters. The Bertz CT molecular complexity index is 665. The van der Waals surface area contributed by atoms with Crippen LogP contribution < -0.4 is 0 Å². The highest BCUT2D eigenvalue weighted by Crippen LogP contribution is 2.27. The first-order valence-corrected chi connectivity index (χ1v) is 7.52. The third-order valence-electron chi connectivity index (χ3n) is 2.36. The lowest BCUT2D eigenvalue weighted by molar-refractivity contribution is 0.0519. The predicted molar refractivity (Wildman–Crippen MR) is 86.2 cm³/mol. The SMILES string of the molecule is CCOC(=O)c1nc(-c2cccc(I)c2)nc(Cl)c1Cl. The third-order valence-corrected chi connectivity index (χ3v) is 3.76. The molecule has 0 N–H and O–H groups in total. The van der Waals surface area contributed by atoms with Crippen LogP contribution in [-0.4, -0.2) is 22.5 Å². The van der Waals surface area contributed by atoms with Gasteiger partial charge in [-0.1, -0.05) is 35.3 Å². The van der Waals surface area contributed by atoms with Gasteiger partial charge in [0.2, 0.25) is 0 Å². The van der Waals surface area contributed by atoms with Crippen LogP contribution in [0.1, 0.15) is 17.4 Å². The van der Waals surface area contributed by atoms with E-state index in [0.29, 0.717) is 5.82 Å². The molecule has 0 aliphatic heterocycles. The third kappa shape index (κ3) is 3.39. The maximum atomic E-state index is 11.8. The molecule has 1 heterocycles. The maximum absolute atomic E-state index is 11.8. The van der Waals surface area contributed by atoms with Crippen molar-refractivity contribution in [1.29, 1.82) is 0 Å². The molecule has 0 atom stereocenters. The number of carbonyl (C=O) groups is 1. The summed E-state index contributed by atoms with van der Waals surface area (Å²) in [4.78, 5) is 20.1. The van der Waals surface area contributed by atoms with Crippen LogP contribution in [0, 0.1) is 3.57 Å². The van der Waals surface area contributed by atoms with Crippen LogP contribution in [0.5, 0.6) is 0 Å². The van der Waals surface area contributed by atoms with Gasteiger partial charge in [-0.2, -0.15) is 0 Å². The molecule has 0 bridgehead atoms. The van der Waals surface area contributed by atoms with Gasteiger partial charge in [0, 0.05) is 9.13 Å². The van der Waals surface area contributed by atoms with Crippen LogP contribution >= 0.6 is 45.8 Å². The fourth-order valence-electron chi connectivity index (χ4n) is 1.51. The van der Waals surface area contributed by atoms with Crippen molar-refractivity contribution in [2.45, 2.75) is 6.92 Å². The number of halogens is 3. The number of rotatable bonds is 3. The molecule has 1 aromatic carbocycles. The molecule has 4 nitrogen and oxygen atoms in total. The second-order valence-electron chi connectivity index (χ2n) is 3.73. The number of carbonyl (C=O) groups excluding carboxylic acids is 1. The van der Waals surface area contributed by atoms with E-state index in [4.69, 9.17) is 27.9 Å². The number of hydrogen-bond acceptors (Lipinski definition) is 4. The Kier molecular flexibility index (Phi) is 5.17. The number of benzene rings is 1. The van der Waals surface area contributed by atoms with Gasteiger partial charge >= 0.3 is 5.97 Å². The lowest BCUT2D eigenvalue weighted by atomic mass is 10.2. The lowest BCUT2D eigenvalue weighted by Gasteiger charge is -2.07. The summed E-state index contributed by atoms with van der Waals surface area (Å²) in [5, 5.41) is 0.0260. The van der Waals surface area contributed by atoms with E-state index in [-0.39, 0.29) is 22.5 Å². The fraction of sp³-hybridized carbons (Fsp3) is 0.154. The summed E-state index contributed by atoms with van der Waals surface area (Å²) in [6, 6.07) is 7.52. The summed E-state index contributed by atoms with van der Waals surface area (Å²) in [5.41, 5.74) is 0.725. The van der Waals surface area contributed by atoms with Crippen molar-refractivity contribution in [3.8, 4) is 11.4 Å². The number of aromatic nitrogens is 2. The fourth-order valence-corrected chi connectivity index (χ4v) is 2.39. The first kappa shape index (κ1) is 15.5. The molecule has 1 aromatic heterocycles. The van der Waals surface area contributed by atoms with Gasteiger partial charge in [0.05, 0.1) is 6.61 Å². The first-order valence-electron chi connectivity index (χ1n) is 5.69. The Balaban J connectivity index is 2.53. The minimum atomic E-state index is -0.617. The smallest absolute Gasteiger partial charge is 0.358 e. The second kappa shape index (κ2) is 6.69. The molecule has 0 spiro atoms. The molecule has 0 radical (unpaired) electrons. The van der Waals surface area contributed by atoms with E-state index in [1.807, 2.05) is 24.3 Å². The second-order valence-corrected chi connectivity index (χ2v) is 5.71. The predicted octanol–water partition coefficient (Wildman–Crippen LogP) is 4.23. The van der Waals surface area contributed by atoms with Crippen molar-refractivity contribution >= 4 is 51.8 Å². The summed E-state index contributed by atoms with van der Waals surface area (Å²) in [7, 11) is 0. The molecule has 7 heteroatoms. The van der Waals surface area contributed by atoms with Crippen molar-refractivity contribution in [3.63, 3.8) is 0 Å². The zero-order valence-corrected chi connectivity index (χ0v) is 14.0. The van der Waals surface area contributed by atoms with Crippen molar-refractivity contribution in [2.24, 2.45) is 0 Å². The summed E-state index contributed by atoms with van der Waals surface area (Å²) < 4.78 is 5.93. The lowest BCUT2D eigenvalue weighted by Crippen LogP contribution is -2.10. The standard InChI is InChI=1S/C13H9Cl2IN2O2/c1-2-20-13(19)10-9(14)11(15)18-12(17-10)7-4-3-5-8(16)6-7/h3-6H,2H2,1H3. The van der Waals surface area contributed by atoms with E-state index in [2.05, 4.69) is 32.6 Å². The van der Waals surface area contributed by atoms with Gasteiger partial charge in [-0.15, -0.1) is 0 Å². The molecule has 0 aliphatic rings. The average molecular weight is 423 g/mol. The van der Waals surface area contributed by atoms with Crippen molar-refractivity contribution in [1.82, 2.24) is 9.97 Å². The number of esters is 1. The van der Waals surface area contributed by atoms with E-state index in [1.165, 1.54) is 0 Å². The van der Waals surface area contributed by atoms with E-state index in [0.717, 1.165) is 9.13 Å². The topological polar surface area (TPSA) is 52.1 Å². The normalized spacial score (nSPS) is 10.4. The van der Waals surface area contributed by atoms with Gasteiger partial charge in [-0.3, -0.25) is 0 Å². The molecule has 2 rings (SSSR count). The van der Waals surface area contributed by atoms with E-state index < -0.39 is 5.97 Å². The van der Waals surface area contributed by atoms with Crippen LogP contribution in [-0.2, 0) is 4.74 Å². The number of nitrogens with zero attached hydrogens (tertiary/aromatic N) is 2. The van der Waals surface area contributed by atoms with Crippen LogP contribution in [0.25, 0.3) is 11.4 Å². The quantitative estimate of drug-likeness (QED) is 0.422. The number of hydrogen-bond donors (Lipinski definition) is 0. The zero-order valence-electron chi connectivity index (χ0n) is 10.4. The van der Waals surface area contributed by atoms with Gasteiger partial charge in [0.1, 0.15) is 5.02 Å². The molecule has 104 valence electrons. The average Bonchev–Trinajstić information content (AvgIpc) is 2.42. The molecule has 0 saturated carbocycles. The van der Waals surface area contributed by atoms with Crippen LogP contribution in [0.3, 0.4) is 0 Å². The van der Waals surface area contributed by atoms with Crippen molar-refractivity contribution in [3.05, 3.63) is 43.7 Å². The van der Waals surface area contributed by atoms with Crippen LogP contribution in [0.15, 0.2) is 24.3 Å². The largest absolute Gasteiger partial charge is 0.461 e. The van der Waals surface area contributed by atoms with Gasteiger partial charge in [-0.05, 0) is 41.6 Å². The Morgan fingerprint density at radius 1 is 1.35 bits per heavy atom. The summed E-state index contributed by atoms with van der Waals surface area (Å²) in [6.45, 7) is 1.93. The Hall–Kier alpha value is -0.920. The maximum Gasteiger partial charge on any atom is 0.358 e. The van der Waals surface area contributed by atoms with Crippen molar-refractivity contribution in [2.75, 3.05) is 6.61 Å². The van der Waals surface area contributed by atoms with E-state index >= 15 is 0 Å². The summed E-state index contributed by atoms with van der Waals surface area (Å²) in [5.74, 6) is -0.283. The minimum Gasteiger partial charge on any atom is -0.461 e.